The molecule has 0 aliphatic rings. The highest BCUT2D eigenvalue weighted by Gasteiger charge is 2.29. The molecule has 0 bridgehead atoms. The summed E-state index contributed by atoms with van der Waals surface area (Å²) >= 11 is 0. The molecule has 0 saturated heterocycles. The lowest BCUT2D eigenvalue weighted by Crippen LogP contribution is -2.47. The van der Waals surface area contributed by atoms with Crippen molar-refractivity contribution in [2.45, 2.75) is 85.0 Å². The van der Waals surface area contributed by atoms with Crippen molar-refractivity contribution in [3.8, 4) is 28.7 Å². The van der Waals surface area contributed by atoms with Crippen molar-refractivity contribution in [2.24, 2.45) is 0 Å². The topological polar surface area (TPSA) is 57.2 Å². The number of hydrogen-bond donors (Lipinski definition) is 1. The molecule has 0 saturated carbocycles. The minimum Gasteiger partial charge on any atom is -0.532 e. The minimum atomic E-state index is -1.75. The summed E-state index contributed by atoms with van der Waals surface area (Å²) in [7, 11) is -1.75. The van der Waals surface area contributed by atoms with Gasteiger partial charge in [0, 0.05) is 29.2 Å². The van der Waals surface area contributed by atoms with Gasteiger partial charge < -0.3 is 23.7 Å². The summed E-state index contributed by atoms with van der Waals surface area (Å²) in [5.74, 6) is 2.53. The summed E-state index contributed by atoms with van der Waals surface area (Å²) in [5, 5.41) is 13.9. The fourth-order valence-electron chi connectivity index (χ4n) is 5.63. The number of rotatable bonds is 10. The Morgan fingerprint density at radius 3 is 1.39 bits per heavy atom. The number of ether oxygens (including phenoxy) is 3. The molecule has 5 aromatic carbocycles. The number of hydrogen-bond acceptors (Lipinski definition) is 5. The smallest absolute Gasteiger partial charge is 0.352 e. The molecule has 255 valence electrons. The van der Waals surface area contributed by atoms with Gasteiger partial charge in [-0.1, -0.05) is 84.9 Å². The van der Waals surface area contributed by atoms with Gasteiger partial charge in [0.25, 0.3) is 0 Å². The summed E-state index contributed by atoms with van der Waals surface area (Å²) in [6.45, 7) is 18.2. The molecule has 0 aromatic heterocycles. The highest BCUT2D eigenvalue weighted by Crippen LogP contribution is 2.44. The van der Waals surface area contributed by atoms with Crippen LogP contribution < -0.4 is 29.0 Å². The van der Waals surface area contributed by atoms with Crippen molar-refractivity contribution in [1.29, 1.82) is 0 Å². The van der Waals surface area contributed by atoms with E-state index < -0.39 is 20.2 Å². The maximum absolute atomic E-state index is 11.7. The average Bonchev–Trinajstić information content (AvgIpc) is 3.01. The first-order valence-corrected chi connectivity index (χ1v) is 18.2. The van der Waals surface area contributed by atoms with Gasteiger partial charge in [0.2, 0.25) is 0 Å². The highest BCUT2D eigenvalue weighted by molar-refractivity contribution is 6.80. The van der Waals surface area contributed by atoms with Gasteiger partial charge in [0.1, 0.15) is 45.6 Å². The third-order valence-electron chi connectivity index (χ3n) is 7.38. The monoisotopic (exact) mass is 673 g/mol. The third-order valence-corrected chi connectivity index (χ3v) is 9.52. The van der Waals surface area contributed by atoms with Crippen molar-refractivity contribution in [3.63, 3.8) is 0 Å². The van der Waals surface area contributed by atoms with E-state index in [9.17, 15) is 5.11 Å². The Hall–Kier alpha value is -4.68. The Kier molecular flexibility index (Phi) is 10.5. The Balaban J connectivity index is 1.70. The van der Waals surface area contributed by atoms with E-state index >= 15 is 0 Å². The number of phenols is 1. The van der Waals surface area contributed by atoms with Gasteiger partial charge in [-0.05, 0) is 103 Å². The van der Waals surface area contributed by atoms with Crippen molar-refractivity contribution in [3.05, 3.63) is 138 Å². The molecule has 6 heteroatoms. The summed E-state index contributed by atoms with van der Waals surface area (Å²) in [4.78, 5) is 0. The maximum Gasteiger partial charge on any atom is 0.352 e. The zero-order valence-electron chi connectivity index (χ0n) is 30.2. The second-order valence-corrected chi connectivity index (χ2v) is 17.2. The molecule has 0 aliphatic heterocycles. The fraction of sp³-hybridized carbons (Fsp3) is 0.302. The molecule has 0 amide bonds. The Labute approximate surface area is 294 Å². The minimum absolute atomic E-state index is 0.138. The molecular weight excluding hydrogens is 625 g/mol. The summed E-state index contributed by atoms with van der Waals surface area (Å²) < 4.78 is 25.9. The number of aromatic hydroxyl groups is 1. The van der Waals surface area contributed by atoms with E-state index in [0.717, 1.165) is 32.8 Å². The van der Waals surface area contributed by atoms with Gasteiger partial charge in [0.05, 0.1) is 0 Å². The molecule has 0 spiro atoms. The van der Waals surface area contributed by atoms with Gasteiger partial charge in [-0.15, -0.1) is 0 Å². The van der Waals surface area contributed by atoms with Crippen LogP contribution in [0.25, 0.3) is 0 Å². The van der Waals surface area contributed by atoms with Crippen molar-refractivity contribution < 1.29 is 23.7 Å². The predicted octanol–water partition coefficient (Wildman–Crippen LogP) is 9.29. The molecular formula is C43H49O5Si. The Morgan fingerprint density at radius 2 is 0.918 bits per heavy atom. The third kappa shape index (κ3) is 9.92. The lowest BCUT2D eigenvalue weighted by Gasteiger charge is -2.28. The molecule has 0 heterocycles. The number of benzene rings is 5. The van der Waals surface area contributed by atoms with Gasteiger partial charge in [-0.2, -0.15) is 0 Å². The molecule has 5 rings (SSSR count). The summed E-state index contributed by atoms with van der Waals surface area (Å²) in [6.07, 6.45) is 0. The van der Waals surface area contributed by atoms with Crippen LogP contribution in [0.5, 0.6) is 28.7 Å². The predicted molar refractivity (Wildman–Crippen MR) is 202 cm³/mol. The number of phenolic OH excluding ortho intramolecular Hbond substituents is 1. The largest absolute Gasteiger partial charge is 0.532 e. The first-order valence-electron chi connectivity index (χ1n) is 16.8. The Morgan fingerprint density at radius 1 is 0.490 bits per heavy atom. The van der Waals surface area contributed by atoms with E-state index in [1.54, 1.807) is 6.07 Å². The van der Waals surface area contributed by atoms with Crippen LogP contribution in [0.15, 0.2) is 121 Å². The van der Waals surface area contributed by atoms with E-state index in [-0.39, 0.29) is 17.3 Å². The van der Waals surface area contributed by atoms with Crippen LogP contribution in [-0.4, -0.2) is 30.9 Å². The van der Waals surface area contributed by atoms with Crippen molar-refractivity contribution >= 4 is 19.4 Å². The van der Waals surface area contributed by atoms with Gasteiger partial charge >= 0.3 is 9.04 Å². The van der Waals surface area contributed by atoms with E-state index in [1.807, 2.05) is 111 Å². The van der Waals surface area contributed by atoms with Crippen LogP contribution in [-0.2, 0) is 0 Å². The molecule has 1 unspecified atom stereocenters. The van der Waals surface area contributed by atoms with Gasteiger partial charge in [0.15, 0.2) is 0 Å². The van der Waals surface area contributed by atoms with E-state index in [4.69, 9.17) is 18.6 Å². The molecule has 5 nitrogen and oxygen atoms in total. The molecule has 0 fully saturated rings. The van der Waals surface area contributed by atoms with Crippen molar-refractivity contribution in [2.75, 3.05) is 0 Å². The lowest BCUT2D eigenvalue weighted by molar-refractivity contribution is 0.130. The molecule has 49 heavy (non-hydrogen) atoms. The molecule has 1 radical (unpaired) electrons. The van der Waals surface area contributed by atoms with Crippen LogP contribution in [0.4, 0.5) is 0 Å². The summed E-state index contributed by atoms with van der Waals surface area (Å²) in [6, 6.07) is 40.5. The van der Waals surface area contributed by atoms with Gasteiger partial charge in [-0.25, -0.2) is 0 Å². The maximum atomic E-state index is 11.7. The van der Waals surface area contributed by atoms with Crippen LogP contribution >= 0.6 is 0 Å². The molecule has 1 atom stereocenters. The molecule has 5 aromatic rings. The SMILES string of the molecule is CC(C)(C)Oc1ccc(C(c2ccc(OC(C)(C)C)cc2O)c2ccc(OC(C)(C)C)cc2O[Si](c2ccccc2)c2ccccc2)cc1. The van der Waals surface area contributed by atoms with Crippen LogP contribution in [0.2, 0.25) is 0 Å². The second kappa shape index (κ2) is 14.4. The first kappa shape index (κ1) is 35.6. The fourth-order valence-corrected chi connectivity index (χ4v) is 7.58. The average molecular weight is 674 g/mol. The van der Waals surface area contributed by atoms with Gasteiger partial charge in [-0.3, -0.25) is 0 Å². The van der Waals surface area contributed by atoms with E-state index in [1.165, 1.54) is 0 Å². The Bertz CT molecular complexity index is 1780. The van der Waals surface area contributed by atoms with E-state index in [0.29, 0.717) is 17.2 Å². The highest BCUT2D eigenvalue weighted by atomic mass is 28.3. The quantitative estimate of drug-likeness (QED) is 0.118. The van der Waals surface area contributed by atoms with E-state index in [2.05, 4.69) is 66.7 Å². The van der Waals surface area contributed by atoms with Crippen LogP contribution in [0, 0.1) is 0 Å². The molecule has 0 aliphatic carbocycles. The lowest BCUT2D eigenvalue weighted by atomic mass is 9.84. The molecule has 1 N–H and O–H groups in total. The zero-order chi connectivity index (χ0) is 35.4. The second-order valence-electron chi connectivity index (χ2n) is 15.2. The van der Waals surface area contributed by atoms with Crippen LogP contribution in [0.3, 0.4) is 0 Å². The van der Waals surface area contributed by atoms with Crippen LogP contribution in [0.1, 0.15) is 84.9 Å². The normalized spacial score (nSPS) is 12.8. The summed E-state index contributed by atoms with van der Waals surface area (Å²) in [5.41, 5.74) is 1.46. The zero-order valence-corrected chi connectivity index (χ0v) is 31.2. The van der Waals surface area contributed by atoms with Crippen molar-refractivity contribution in [1.82, 2.24) is 0 Å². The first-order chi connectivity index (χ1) is 23.0. The standard InChI is InChI=1S/C43H49O5Si/c1-41(2,3)45-31-22-20-30(21-23-31)40(36-26-24-32(28-38(36)44)46-42(4,5)6)37-27-25-33(47-43(7,8)9)29-39(37)48-49(34-16-12-10-13-17-34)35-18-14-11-15-19-35/h10-29,40,44H,1-9H3.